The van der Waals surface area contributed by atoms with Crippen LogP contribution in [0.3, 0.4) is 0 Å². The maximum atomic E-state index is 11.8. The Bertz CT molecular complexity index is 319. The van der Waals surface area contributed by atoms with Crippen LogP contribution < -0.4 is 5.73 Å². The van der Waals surface area contributed by atoms with Gasteiger partial charge in [-0.1, -0.05) is 0 Å². The molecule has 2 rings (SSSR count). The van der Waals surface area contributed by atoms with Crippen molar-refractivity contribution in [1.29, 1.82) is 0 Å². The third-order valence-corrected chi connectivity index (χ3v) is 4.67. The summed E-state index contributed by atoms with van der Waals surface area (Å²) < 4.78 is 5.78. The minimum Gasteiger partial charge on any atom is -0.373 e. The summed E-state index contributed by atoms with van der Waals surface area (Å²) in [5, 5.41) is 0. The summed E-state index contributed by atoms with van der Waals surface area (Å²) >= 11 is 0. The summed E-state index contributed by atoms with van der Waals surface area (Å²) in [4.78, 5) is 16.3. The molecule has 122 valence electrons. The lowest BCUT2D eigenvalue weighted by Gasteiger charge is -2.37. The fraction of sp³-hybridized carbons (Fsp3) is 0.938. The molecule has 0 aromatic carbocycles. The molecular formula is C16H31N3O2. The predicted molar refractivity (Wildman–Crippen MR) is 84.0 cm³/mol. The number of morpholine rings is 1. The van der Waals surface area contributed by atoms with E-state index in [4.69, 9.17) is 10.5 Å². The summed E-state index contributed by atoms with van der Waals surface area (Å²) in [6, 6.07) is 0. The quantitative estimate of drug-likeness (QED) is 0.825. The van der Waals surface area contributed by atoms with Crippen molar-refractivity contribution < 1.29 is 9.53 Å². The molecule has 0 aromatic rings. The Balaban J connectivity index is 1.66. The monoisotopic (exact) mass is 297 g/mol. The van der Waals surface area contributed by atoms with Crippen molar-refractivity contribution in [2.45, 2.75) is 51.7 Å². The van der Waals surface area contributed by atoms with Gasteiger partial charge in [0.2, 0.25) is 5.91 Å². The van der Waals surface area contributed by atoms with E-state index < -0.39 is 0 Å². The van der Waals surface area contributed by atoms with Gasteiger partial charge < -0.3 is 15.4 Å². The summed E-state index contributed by atoms with van der Waals surface area (Å²) in [6.45, 7) is 9.88. The molecule has 2 aliphatic rings. The topological polar surface area (TPSA) is 58.8 Å². The van der Waals surface area contributed by atoms with E-state index in [-0.39, 0.29) is 5.91 Å². The zero-order valence-electron chi connectivity index (χ0n) is 13.6. The first-order valence-corrected chi connectivity index (χ1v) is 8.44. The average Bonchev–Trinajstić information content (AvgIpc) is 2.45. The fourth-order valence-corrected chi connectivity index (χ4v) is 3.58. The van der Waals surface area contributed by atoms with Crippen molar-refractivity contribution in [3.05, 3.63) is 0 Å². The van der Waals surface area contributed by atoms with E-state index in [1.54, 1.807) is 0 Å². The number of carbonyl (C=O) groups excluding carboxylic acids is 1. The maximum Gasteiger partial charge on any atom is 0.223 e. The van der Waals surface area contributed by atoms with Gasteiger partial charge in [-0.05, 0) is 45.6 Å². The van der Waals surface area contributed by atoms with Crippen LogP contribution in [-0.4, -0.2) is 67.2 Å². The van der Waals surface area contributed by atoms with Gasteiger partial charge in [0.25, 0.3) is 0 Å². The first-order valence-electron chi connectivity index (χ1n) is 8.44. The molecule has 0 bridgehead atoms. The molecule has 2 aliphatic heterocycles. The van der Waals surface area contributed by atoms with E-state index in [2.05, 4.69) is 18.7 Å². The number of carbonyl (C=O) groups is 1. The Morgan fingerprint density at radius 2 is 1.81 bits per heavy atom. The van der Waals surface area contributed by atoms with Crippen LogP contribution in [0.2, 0.25) is 0 Å². The highest BCUT2D eigenvalue weighted by Gasteiger charge is 2.25. The van der Waals surface area contributed by atoms with E-state index in [0.29, 0.717) is 25.2 Å². The largest absolute Gasteiger partial charge is 0.373 e. The zero-order valence-corrected chi connectivity index (χ0v) is 13.6. The second-order valence-electron chi connectivity index (χ2n) is 6.67. The molecule has 5 nitrogen and oxygen atoms in total. The highest BCUT2D eigenvalue weighted by Crippen LogP contribution is 2.22. The number of hydrogen-bond acceptors (Lipinski definition) is 4. The average molecular weight is 297 g/mol. The summed E-state index contributed by atoms with van der Waals surface area (Å²) in [5.74, 6) is 0.993. The Morgan fingerprint density at radius 1 is 1.19 bits per heavy atom. The first kappa shape index (κ1) is 16.7. The van der Waals surface area contributed by atoms with Gasteiger partial charge in [-0.25, -0.2) is 0 Å². The zero-order chi connectivity index (χ0) is 15.2. The highest BCUT2D eigenvalue weighted by atomic mass is 16.5. The van der Waals surface area contributed by atoms with Crippen LogP contribution in [-0.2, 0) is 9.53 Å². The number of nitrogens with two attached hydrogens (primary N) is 1. The van der Waals surface area contributed by atoms with Crippen LogP contribution >= 0.6 is 0 Å². The normalized spacial score (nSPS) is 28.8. The Kier molecular flexibility index (Phi) is 6.45. The van der Waals surface area contributed by atoms with E-state index in [9.17, 15) is 4.79 Å². The smallest absolute Gasteiger partial charge is 0.223 e. The van der Waals surface area contributed by atoms with Gasteiger partial charge in [-0.15, -0.1) is 0 Å². The van der Waals surface area contributed by atoms with Gasteiger partial charge in [0, 0.05) is 39.1 Å². The molecule has 0 saturated carbocycles. The maximum absolute atomic E-state index is 11.8. The van der Waals surface area contributed by atoms with Crippen molar-refractivity contribution >= 4 is 5.91 Å². The molecule has 0 aliphatic carbocycles. The summed E-state index contributed by atoms with van der Waals surface area (Å²) in [7, 11) is 0. The van der Waals surface area contributed by atoms with Gasteiger partial charge in [0.1, 0.15) is 0 Å². The Morgan fingerprint density at radius 3 is 2.38 bits per heavy atom. The number of ether oxygens (including phenoxy) is 1. The third kappa shape index (κ3) is 5.24. The minimum atomic E-state index is 0.228. The number of likely N-dealkylation sites (tertiary alicyclic amines) is 1. The predicted octanol–water partition coefficient (Wildman–Crippen LogP) is 1.07. The molecule has 2 saturated heterocycles. The molecule has 2 heterocycles. The van der Waals surface area contributed by atoms with Crippen molar-refractivity contribution in [2.24, 2.45) is 11.7 Å². The summed E-state index contributed by atoms with van der Waals surface area (Å²) in [6.07, 6.45) is 4.73. The fourth-order valence-electron chi connectivity index (χ4n) is 3.58. The molecule has 0 spiro atoms. The number of rotatable bonds is 5. The SMILES string of the molecule is CC1CN(CCC2CCN(C(=O)CCN)CC2)CC(C)O1. The van der Waals surface area contributed by atoms with Crippen LogP contribution in [0.4, 0.5) is 0 Å². The lowest BCUT2D eigenvalue weighted by Crippen LogP contribution is -2.46. The molecule has 2 N–H and O–H groups in total. The Hall–Kier alpha value is -0.650. The van der Waals surface area contributed by atoms with Gasteiger partial charge in [0.05, 0.1) is 12.2 Å². The number of nitrogens with zero attached hydrogens (tertiary/aromatic N) is 2. The van der Waals surface area contributed by atoms with Crippen molar-refractivity contribution in [1.82, 2.24) is 9.80 Å². The minimum absolute atomic E-state index is 0.228. The van der Waals surface area contributed by atoms with Crippen LogP contribution in [0, 0.1) is 5.92 Å². The summed E-state index contributed by atoms with van der Waals surface area (Å²) in [5.41, 5.74) is 5.45. The lowest BCUT2D eigenvalue weighted by molar-refractivity contribution is -0.132. The third-order valence-electron chi connectivity index (χ3n) is 4.67. The van der Waals surface area contributed by atoms with Crippen LogP contribution in [0.5, 0.6) is 0 Å². The molecule has 0 aromatic heterocycles. The number of piperidine rings is 1. The van der Waals surface area contributed by atoms with E-state index in [1.807, 2.05) is 4.90 Å². The Labute approximate surface area is 128 Å². The standard InChI is InChI=1S/C16H31N3O2/c1-13-11-18(12-14(2)21-13)8-4-15-5-9-19(10-6-15)16(20)3-7-17/h13-15H,3-12,17H2,1-2H3. The van der Waals surface area contributed by atoms with Crippen LogP contribution in [0.15, 0.2) is 0 Å². The molecule has 0 radical (unpaired) electrons. The van der Waals surface area contributed by atoms with Crippen molar-refractivity contribution in [3.63, 3.8) is 0 Å². The molecule has 1 amide bonds. The molecule has 2 unspecified atom stereocenters. The van der Waals surface area contributed by atoms with E-state index in [1.165, 1.54) is 13.0 Å². The van der Waals surface area contributed by atoms with E-state index in [0.717, 1.165) is 44.9 Å². The first-order chi connectivity index (χ1) is 10.1. The molecule has 5 heteroatoms. The van der Waals surface area contributed by atoms with Gasteiger partial charge in [-0.2, -0.15) is 0 Å². The van der Waals surface area contributed by atoms with Crippen molar-refractivity contribution in [3.8, 4) is 0 Å². The van der Waals surface area contributed by atoms with Gasteiger partial charge in [0.15, 0.2) is 0 Å². The molecule has 2 fully saturated rings. The van der Waals surface area contributed by atoms with Gasteiger partial charge in [-0.3, -0.25) is 9.69 Å². The second kappa shape index (κ2) is 8.11. The highest BCUT2D eigenvalue weighted by molar-refractivity contribution is 5.76. The number of amides is 1. The molecular weight excluding hydrogens is 266 g/mol. The lowest BCUT2D eigenvalue weighted by atomic mass is 9.93. The van der Waals surface area contributed by atoms with Crippen molar-refractivity contribution in [2.75, 3.05) is 39.3 Å². The van der Waals surface area contributed by atoms with Crippen LogP contribution in [0.1, 0.15) is 39.5 Å². The molecule has 21 heavy (non-hydrogen) atoms. The van der Waals surface area contributed by atoms with Gasteiger partial charge >= 0.3 is 0 Å². The van der Waals surface area contributed by atoms with E-state index >= 15 is 0 Å². The number of hydrogen-bond donors (Lipinski definition) is 1. The van der Waals surface area contributed by atoms with Crippen LogP contribution in [0.25, 0.3) is 0 Å². The molecule has 2 atom stereocenters. The second-order valence-corrected chi connectivity index (χ2v) is 6.67.